The predicted molar refractivity (Wildman–Crippen MR) is 88.9 cm³/mol. The van der Waals surface area contributed by atoms with Crippen LogP contribution in [0.1, 0.15) is 6.42 Å². The van der Waals surface area contributed by atoms with Gasteiger partial charge in [0.05, 0.1) is 0 Å². The third-order valence-corrected chi connectivity index (χ3v) is 4.21. The third kappa shape index (κ3) is 4.41. The molecule has 124 valence electrons. The Morgan fingerprint density at radius 3 is 2.48 bits per heavy atom. The van der Waals surface area contributed by atoms with Crippen LogP contribution in [0.3, 0.4) is 0 Å². The normalized spacial score (nSPS) is 11.4. The molecule has 8 heteroatoms. The number of carbonyl (C=O) groups is 1. The van der Waals surface area contributed by atoms with Gasteiger partial charge < -0.3 is 16.4 Å². The maximum atomic E-state index is 11.4. The number of anilines is 1. The molecule has 2 aromatic rings. The maximum Gasteiger partial charge on any atom is 0.295 e. The summed E-state index contributed by atoms with van der Waals surface area (Å²) < 4.78 is 32.2. The van der Waals surface area contributed by atoms with E-state index in [4.69, 9.17) is 5.73 Å². The van der Waals surface area contributed by atoms with Crippen LogP contribution >= 0.6 is 0 Å². The summed E-state index contributed by atoms with van der Waals surface area (Å²) in [6.07, 6.45) is 0.284. The summed E-state index contributed by atoms with van der Waals surface area (Å²) >= 11 is 0. The summed E-state index contributed by atoms with van der Waals surface area (Å²) in [5.74, 6) is -0.110. The average Bonchev–Trinajstić information content (AvgIpc) is 2.50. The lowest BCUT2D eigenvalue weighted by molar-refractivity contribution is -0.120. The van der Waals surface area contributed by atoms with Crippen LogP contribution in [0.4, 0.5) is 5.69 Å². The topological polar surface area (TPSA) is 122 Å². The van der Waals surface area contributed by atoms with Gasteiger partial charge in [-0.25, -0.2) is 0 Å². The number of hydrogen-bond donors (Lipinski definition) is 4. The first-order valence-electron chi connectivity index (χ1n) is 7.13. The summed E-state index contributed by atoms with van der Waals surface area (Å²) in [5, 5.41) is 6.98. The molecule has 23 heavy (non-hydrogen) atoms. The molecule has 2 aromatic carbocycles. The highest BCUT2D eigenvalue weighted by molar-refractivity contribution is 7.86. The molecule has 0 radical (unpaired) electrons. The molecular formula is C15H19N3O4S. The molecule has 0 aromatic heterocycles. The van der Waals surface area contributed by atoms with Crippen LogP contribution in [0, 0.1) is 0 Å². The summed E-state index contributed by atoms with van der Waals surface area (Å²) in [4.78, 5) is 11.2. The lowest BCUT2D eigenvalue weighted by Crippen LogP contribution is -2.30. The fourth-order valence-electron chi connectivity index (χ4n) is 2.28. The van der Waals surface area contributed by atoms with Gasteiger partial charge in [-0.1, -0.05) is 24.3 Å². The number of fused-ring (bicyclic) bond motifs is 1. The van der Waals surface area contributed by atoms with Crippen molar-refractivity contribution >= 4 is 32.5 Å². The number of benzene rings is 2. The van der Waals surface area contributed by atoms with Crippen LogP contribution in [0.2, 0.25) is 0 Å². The van der Waals surface area contributed by atoms with Crippen molar-refractivity contribution < 1.29 is 17.8 Å². The molecule has 5 N–H and O–H groups in total. The van der Waals surface area contributed by atoms with Crippen molar-refractivity contribution in [3.63, 3.8) is 0 Å². The fourth-order valence-corrected chi connectivity index (χ4v) is 2.99. The summed E-state index contributed by atoms with van der Waals surface area (Å²) in [5.41, 5.74) is 6.01. The van der Waals surface area contributed by atoms with Gasteiger partial charge in [0.2, 0.25) is 5.91 Å². The van der Waals surface area contributed by atoms with E-state index >= 15 is 0 Å². The van der Waals surface area contributed by atoms with Gasteiger partial charge in [-0.3, -0.25) is 9.35 Å². The van der Waals surface area contributed by atoms with Crippen molar-refractivity contribution in [2.45, 2.75) is 11.3 Å². The Bertz CT molecular complexity index is 805. The molecule has 0 atom stereocenters. The van der Waals surface area contributed by atoms with Crippen molar-refractivity contribution in [1.29, 1.82) is 0 Å². The number of nitrogens with two attached hydrogens (primary N) is 1. The highest BCUT2D eigenvalue weighted by atomic mass is 32.2. The van der Waals surface area contributed by atoms with Crippen molar-refractivity contribution in [3.8, 4) is 0 Å². The first-order chi connectivity index (χ1) is 10.9. The van der Waals surface area contributed by atoms with Gasteiger partial charge in [0.25, 0.3) is 10.1 Å². The van der Waals surface area contributed by atoms with Gasteiger partial charge in [0, 0.05) is 42.5 Å². The van der Waals surface area contributed by atoms with E-state index in [1.807, 2.05) is 0 Å². The van der Waals surface area contributed by atoms with E-state index in [1.165, 1.54) is 6.07 Å². The molecule has 0 spiro atoms. The van der Waals surface area contributed by atoms with E-state index in [0.717, 1.165) is 5.69 Å². The molecule has 0 aliphatic heterocycles. The largest absolute Gasteiger partial charge is 0.383 e. The van der Waals surface area contributed by atoms with Gasteiger partial charge in [-0.2, -0.15) is 8.42 Å². The van der Waals surface area contributed by atoms with Gasteiger partial charge in [-0.05, 0) is 12.1 Å². The van der Waals surface area contributed by atoms with Crippen LogP contribution in [-0.4, -0.2) is 38.5 Å². The van der Waals surface area contributed by atoms with E-state index in [1.54, 1.807) is 30.3 Å². The second-order valence-electron chi connectivity index (χ2n) is 4.95. The molecule has 0 aliphatic carbocycles. The molecule has 7 nitrogen and oxygen atoms in total. The lowest BCUT2D eigenvalue weighted by Gasteiger charge is -2.12. The SMILES string of the molecule is NCCC(=O)NCCNc1cccc2c(S(=O)(=O)O)cccc12. The third-order valence-electron chi connectivity index (χ3n) is 3.29. The zero-order valence-corrected chi connectivity index (χ0v) is 13.3. The van der Waals surface area contributed by atoms with E-state index < -0.39 is 10.1 Å². The van der Waals surface area contributed by atoms with Crippen molar-refractivity contribution in [2.24, 2.45) is 5.73 Å². The Morgan fingerprint density at radius 2 is 1.78 bits per heavy atom. The van der Waals surface area contributed by atoms with Gasteiger partial charge in [0.15, 0.2) is 0 Å². The molecule has 1 amide bonds. The first-order valence-corrected chi connectivity index (χ1v) is 8.57. The average molecular weight is 337 g/mol. The highest BCUT2D eigenvalue weighted by Crippen LogP contribution is 2.28. The minimum Gasteiger partial charge on any atom is -0.383 e. The smallest absolute Gasteiger partial charge is 0.295 e. The number of amides is 1. The summed E-state index contributed by atoms with van der Waals surface area (Å²) in [7, 11) is -4.29. The monoisotopic (exact) mass is 337 g/mol. The molecule has 0 heterocycles. The van der Waals surface area contributed by atoms with Crippen LogP contribution in [0.25, 0.3) is 10.8 Å². The Balaban J connectivity index is 2.15. The minimum atomic E-state index is -4.29. The van der Waals surface area contributed by atoms with Crippen molar-refractivity contribution in [3.05, 3.63) is 36.4 Å². The summed E-state index contributed by atoms with van der Waals surface area (Å²) in [6, 6.07) is 9.82. The van der Waals surface area contributed by atoms with Gasteiger partial charge in [-0.15, -0.1) is 0 Å². The van der Waals surface area contributed by atoms with E-state index in [2.05, 4.69) is 10.6 Å². The van der Waals surface area contributed by atoms with Crippen LogP contribution in [-0.2, 0) is 14.9 Å². The molecule has 0 fully saturated rings. The van der Waals surface area contributed by atoms with Crippen LogP contribution in [0.5, 0.6) is 0 Å². The molecule has 0 aliphatic rings. The lowest BCUT2D eigenvalue weighted by atomic mass is 10.1. The Morgan fingerprint density at radius 1 is 1.09 bits per heavy atom. The van der Waals surface area contributed by atoms with Crippen molar-refractivity contribution in [1.82, 2.24) is 5.32 Å². The molecule has 2 rings (SSSR count). The second-order valence-corrected chi connectivity index (χ2v) is 6.34. The summed E-state index contributed by atoms with van der Waals surface area (Å²) in [6.45, 7) is 1.21. The second kappa shape index (κ2) is 7.40. The molecule has 0 unspecified atom stereocenters. The van der Waals surface area contributed by atoms with E-state index in [9.17, 15) is 17.8 Å². The number of hydrogen-bond acceptors (Lipinski definition) is 5. The van der Waals surface area contributed by atoms with Crippen molar-refractivity contribution in [2.75, 3.05) is 25.0 Å². The zero-order chi connectivity index (χ0) is 16.9. The maximum absolute atomic E-state index is 11.4. The molecular weight excluding hydrogens is 318 g/mol. The van der Waals surface area contributed by atoms with E-state index in [-0.39, 0.29) is 17.2 Å². The Hall–Kier alpha value is -2.16. The standard InChI is InChI=1S/C15H19N3O4S/c16-8-7-15(19)18-10-9-17-13-5-1-4-12-11(13)3-2-6-14(12)23(20,21)22/h1-6,17H,7-10,16H2,(H,18,19)(H,20,21,22). The molecule has 0 saturated carbocycles. The highest BCUT2D eigenvalue weighted by Gasteiger charge is 2.14. The Kier molecular flexibility index (Phi) is 5.54. The van der Waals surface area contributed by atoms with Crippen LogP contribution in [0.15, 0.2) is 41.3 Å². The van der Waals surface area contributed by atoms with Gasteiger partial charge in [0.1, 0.15) is 4.90 Å². The number of carbonyl (C=O) groups excluding carboxylic acids is 1. The first kappa shape index (κ1) is 17.2. The number of nitrogens with one attached hydrogen (secondary N) is 2. The quantitative estimate of drug-likeness (QED) is 0.441. The van der Waals surface area contributed by atoms with E-state index in [0.29, 0.717) is 30.4 Å². The molecule has 0 saturated heterocycles. The molecule has 0 bridgehead atoms. The number of rotatable bonds is 7. The fraction of sp³-hybridized carbons (Fsp3) is 0.267. The Labute approximate surface area is 134 Å². The predicted octanol–water partition coefficient (Wildman–Crippen LogP) is 0.963. The van der Waals surface area contributed by atoms with Crippen LogP contribution < -0.4 is 16.4 Å². The zero-order valence-electron chi connectivity index (χ0n) is 12.5. The minimum absolute atomic E-state index is 0.110. The van der Waals surface area contributed by atoms with Gasteiger partial charge >= 0.3 is 0 Å².